The molecule has 0 unspecified atom stereocenters. The van der Waals surface area contributed by atoms with Crippen LogP contribution in [0.25, 0.3) is 0 Å². The fourth-order valence-corrected chi connectivity index (χ4v) is 1.36. The molecule has 1 aromatic carbocycles. The quantitative estimate of drug-likeness (QED) is 0.814. The number of carbonyl (C=O) groups is 1. The van der Waals surface area contributed by atoms with Crippen molar-refractivity contribution in [3.63, 3.8) is 0 Å². The summed E-state index contributed by atoms with van der Waals surface area (Å²) < 4.78 is 5.66. The van der Waals surface area contributed by atoms with Crippen molar-refractivity contribution in [1.29, 1.82) is 0 Å². The van der Waals surface area contributed by atoms with Gasteiger partial charge in [0.1, 0.15) is 5.75 Å². The molecular weight excluding hydrogens is 228 g/mol. The van der Waals surface area contributed by atoms with Gasteiger partial charge in [-0.15, -0.1) is 0 Å². The predicted octanol–water partition coefficient (Wildman–Crippen LogP) is 2.40. The number of benzene rings is 1. The zero-order valence-corrected chi connectivity index (χ0v) is 11.3. The molecular formula is C14H22N2O2. The van der Waals surface area contributed by atoms with Gasteiger partial charge >= 0.3 is 0 Å². The topological polar surface area (TPSA) is 64.4 Å². The maximum atomic E-state index is 11.7. The molecule has 0 aliphatic carbocycles. The van der Waals surface area contributed by atoms with Crippen molar-refractivity contribution in [2.24, 2.45) is 11.7 Å². The zero-order chi connectivity index (χ0) is 13.5. The highest BCUT2D eigenvalue weighted by Gasteiger charge is 2.13. The highest BCUT2D eigenvalue weighted by molar-refractivity contribution is 5.95. The van der Waals surface area contributed by atoms with Gasteiger partial charge in [0.15, 0.2) is 0 Å². The first-order chi connectivity index (χ1) is 8.54. The molecule has 0 aliphatic rings. The molecule has 1 rings (SSSR count). The van der Waals surface area contributed by atoms with E-state index in [1.165, 1.54) is 0 Å². The second-order valence-corrected chi connectivity index (χ2v) is 4.71. The van der Waals surface area contributed by atoms with E-state index in [-0.39, 0.29) is 5.91 Å². The van der Waals surface area contributed by atoms with E-state index >= 15 is 0 Å². The fraction of sp³-hybridized carbons (Fsp3) is 0.500. The summed E-state index contributed by atoms with van der Waals surface area (Å²) in [5, 5.41) is 2.80. The summed E-state index contributed by atoms with van der Waals surface area (Å²) in [5.41, 5.74) is 6.36. The minimum Gasteiger partial charge on any atom is -0.491 e. The first-order valence-electron chi connectivity index (χ1n) is 6.32. The predicted molar refractivity (Wildman–Crippen MR) is 73.7 cm³/mol. The third kappa shape index (κ3) is 4.37. The van der Waals surface area contributed by atoms with Gasteiger partial charge in [0.05, 0.1) is 18.3 Å². The smallest absolute Gasteiger partial charge is 0.241 e. The summed E-state index contributed by atoms with van der Waals surface area (Å²) in [6, 6.07) is 6.91. The molecule has 18 heavy (non-hydrogen) atoms. The van der Waals surface area contributed by atoms with Crippen LogP contribution < -0.4 is 15.8 Å². The van der Waals surface area contributed by atoms with E-state index in [1.807, 2.05) is 31.2 Å². The molecule has 0 fully saturated rings. The molecule has 0 saturated carbocycles. The number of nitrogens with one attached hydrogen (secondary N) is 1. The van der Waals surface area contributed by atoms with E-state index < -0.39 is 6.04 Å². The van der Waals surface area contributed by atoms with Crippen molar-refractivity contribution in [2.45, 2.75) is 33.2 Å². The Labute approximate surface area is 109 Å². The summed E-state index contributed by atoms with van der Waals surface area (Å²) in [5.74, 6) is 0.938. The first-order valence-corrected chi connectivity index (χ1v) is 6.32. The van der Waals surface area contributed by atoms with Crippen LogP contribution in [0.4, 0.5) is 5.69 Å². The van der Waals surface area contributed by atoms with E-state index in [0.717, 1.165) is 0 Å². The molecule has 1 atom stereocenters. The van der Waals surface area contributed by atoms with E-state index in [9.17, 15) is 4.79 Å². The number of rotatable bonds is 6. The SMILES string of the molecule is CC[C@@H](N)C(=O)Nc1ccccc1OCC(C)C. The van der Waals surface area contributed by atoms with Crippen molar-refractivity contribution in [3.8, 4) is 5.75 Å². The van der Waals surface area contributed by atoms with Gasteiger partial charge in [-0.2, -0.15) is 0 Å². The molecule has 3 N–H and O–H groups in total. The van der Waals surface area contributed by atoms with Crippen LogP contribution in [0, 0.1) is 5.92 Å². The van der Waals surface area contributed by atoms with Gasteiger partial charge in [0.25, 0.3) is 0 Å². The maximum Gasteiger partial charge on any atom is 0.241 e. The van der Waals surface area contributed by atoms with Gasteiger partial charge in [0.2, 0.25) is 5.91 Å². The Morgan fingerprint density at radius 3 is 2.67 bits per heavy atom. The van der Waals surface area contributed by atoms with Gasteiger partial charge in [-0.3, -0.25) is 4.79 Å². The Kier molecular flexibility index (Phi) is 5.65. The van der Waals surface area contributed by atoms with E-state index in [2.05, 4.69) is 19.2 Å². The zero-order valence-electron chi connectivity index (χ0n) is 11.3. The van der Waals surface area contributed by atoms with Crippen LogP contribution in [0.3, 0.4) is 0 Å². The summed E-state index contributed by atoms with van der Waals surface area (Å²) in [6.07, 6.45) is 0.612. The molecule has 1 amide bonds. The number of hydrogen-bond acceptors (Lipinski definition) is 3. The number of nitrogens with two attached hydrogens (primary N) is 1. The Bertz CT molecular complexity index is 391. The second kappa shape index (κ2) is 7.01. The molecule has 4 nitrogen and oxygen atoms in total. The molecule has 0 radical (unpaired) electrons. The fourth-order valence-electron chi connectivity index (χ4n) is 1.36. The number of carbonyl (C=O) groups excluding carboxylic acids is 1. The van der Waals surface area contributed by atoms with Gasteiger partial charge in [0, 0.05) is 0 Å². The lowest BCUT2D eigenvalue weighted by molar-refractivity contribution is -0.117. The Balaban J connectivity index is 2.72. The minimum absolute atomic E-state index is 0.182. The van der Waals surface area contributed by atoms with Crippen molar-refractivity contribution in [1.82, 2.24) is 0 Å². The molecule has 0 heterocycles. The van der Waals surface area contributed by atoms with Gasteiger partial charge in [-0.05, 0) is 24.5 Å². The number of amides is 1. The number of ether oxygens (including phenoxy) is 1. The summed E-state index contributed by atoms with van der Waals surface area (Å²) >= 11 is 0. The summed E-state index contributed by atoms with van der Waals surface area (Å²) in [6.45, 7) is 6.65. The molecule has 0 spiro atoms. The largest absolute Gasteiger partial charge is 0.491 e. The average Bonchev–Trinajstić information content (AvgIpc) is 2.36. The number of anilines is 1. The lowest BCUT2D eigenvalue weighted by atomic mass is 10.2. The summed E-state index contributed by atoms with van der Waals surface area (Å²) in [7, 11) is 0. The maximum absolute atomic E-state index is 11.7. The van der Waals surface area contributed by atoms with Crippen LogP contribution in [-0.2, 0) is 4.79 Å². The van der Waals surface area contributed by atoms with Crippen molar-refractivity contribution >= 4 is 11.6 Å². The van der Waals surface area contributed by atoms with Gasteiger partial charge in [-0.1, -0.05) is 32.9 Å². The number of hydrogen-bond donors (Lipinski definition) is 2. The monoisotopic (exact) mass is 250 g/mol. The number of para-hydroxylation sites is 2. The highest BCUT2D eigenvalue weighted by atomic mass is 16.5. The molecule has 4 heteroatoms. The Hall–Kier alpha value is -1.55. The second-order valence-electron chi connectivity index (χ2n) is 4.71. The van der Waals surface area contributed by atoms with Gasteiger partial charge < -0.3 is 15.8 Å². The van der Waals surface area contributed by atoms with Crippen molar-refractivity contribution in [3.05, 3.63) is 24.3 Å². The normalized spacial score (nSPS) is 12.3. The molecule has 0 aliphatic heterocycles. The lowest BCUT2D eigenvalue weighted by Gasteiger charge is -2.15. The highest BCUT2D eigenvalue weighted by Crippen LogP contribution is 2.24. The molecule has 0 aromatic heterocycles. The standard InChI is InChI=1S/C14H22N2O2/c1-4-11(15)14(17)16-12-7-5-6-8-13(12)18-9-10(2)3/h5-8,10-11H,4,9,15H2,1-3H3,(H,16,17)/t11-/m1/s1. The van der Waals surface area contributed by atoms with Crippen LogP contribution in [0.15, 0.2) is 24.3 Å². The molecule has 0 saturated heterocycles. The van der Waals surface area contributed by atoms with Crippen LogP contribution >= 0.6 is 0 Å². The Morgan fingerprint density at radius 1 is 1.39 bits per heavy atom. The Morgan fingerprint density at radius 2 is 2.06 bits per heavy atom. The summed E-state index contributed by atoms with van der Waals surface area (Å²) in [4.78, 5) is 11.7. The third-order valence-electron chi connectivity index (χ3n) is 2.49. The first kappa shape index (κ1) is 14.5. The molecule has 1 aromatic rings. The molecule has 0 bridgehead atoms. The van der Waals surface area contributed by atoms with Crippen molar-refractivity contribution < 1.29 is 9.53 Å². The van der Waals surface area contributed by atoms with Crippen LogP contribution in [0.2, 0.25) is 0 Å². The van der Waals surface area contributed by atoms with Gasteiger partial charge in [-0.25, -0.2) is 0 Å². The van der Waals surface area contributed by atoms with E-state index in [4.69, 9.17) is 10.5 Å². The van der Waals surface area contributed by atoms with E-state index in [1.54, 1.807) is 0 Å². The van der Waals surface area contributed by atoms with Crippen molar-refractivity contribution in [2.75, 3.05) is 11.9 Å². The minimum atomic E-state index is -0.483. The average molecular weight is 250 g/mol. The van der Waals surface area contributed by atoms with E-state index in [0.29, 0.717) is 30.4 Å². The molecule has 100 valence electrons. The van der Waals surface area contributed by atoms with Crippen LogP contribution in [0.5, 0.6) is 5.75 Å². The van der Waals surface area contributed by atoms with Crippen LogP contribution in [0.1, 0.15) is 27.2 Å². The third-order valence-corrected chi connectivity index (χ3v) is 2.49. The lowest BCUT2D eigenvalue weighted by Crippen LogP contribution is -2.34. The van der Waals surface area contributed by atoms with Crippen LogP contribution in [-0.4, -0.2) is 18.6 Å².